The third kappa shape index (κ3) is 3.93. The van der Waals surface area contributed by atoms with Crippen LogP contribution in [0.15, 0.2) is 16.7 Å². The number of amides is 1. The topological polar surface area (TPSA) is 48.5 Å². The van der Waals surface area contributed by atoms with Crippen LogP contribution in [0.25, 0.3) is 0 Å². The van der Waals surface area contributed by atoms with Crippen LogP contribution >= 0.6 is 15.9 Å². The van der Waals surface area contributed by atoms with Gasteiger partial charge < -0.3 is 10.2 Å². The first kappa shape index (κ1) is 15.3. The highest BCUT2D eigenvalue weighted by Gasteiger charge is 2.20. The molecule has 1 N–H and O–H groups in total. The Hall–Kier alpha value is -1.14. The highest BCUT2D eigenvalue weighted by atomic mass is 79.9. The molecule has 0 atom stereocenters. The largest absolute Gasteiger partial charge is 0.355 e. The van der Waals surface area contributed by atoms with Crippen LogP contribution < -0.4 is 10.2 Å². The highest BCUT2D eigenvalue weighted by Crippen LogP contribution is 2.21. The molecule has 0 radical (unpaired) electrons. The number of carbonyl (C=O) groups excluding carboxylic acids is 1. The molecular formula is C14H21BrN4O. The average Bonchev–Trinajstić information content (AvgIpc) is 2.40. The van der Waals surface area contributed by atoms with Gasteiger partial charge in [-0.2, -0.15) is 0 Å². The second kappa shape index (κ2) is 7.04. The van der Waals surface area contributed by atoms with Gasteiger partial charge in [-0.15, -0.1) is 0 Å². The summed E-state index contributed by atoms with van der Waals surface area (Å²) in [6.45, 7) is 8.83. The number of aromatic nitrogens is 1. The second-order valence-corrected chi connectivity index (χ2v) is 5.93. The van der Waals surface area contributed by atoms with Crippen molar-refractivity contribution >= 4 is 27.7 Å². The number of piperazine rings is 1. The highest BCUT2D eigenvalue weighted by molar-refractivity contribution is 9.10. The van der Waals surface area contributed by atoms with Crippen molar-refractivity contribution in [3.05, 3.63) is 22.3 Å². The Morgan fingerprint density at radius 3 is 2.70 bits per heavy atom. The van der Waals surface area contributed by atoms with Gasteiger partial charge in [0.15, 0.2) is 0 Å². The predicted molar refractivity (Wildman–Crippen MR) is 84.0 cm³/mol. The van der Waals surface area contributed by atoms with Gasteiger partial charge in [0.1, 0.15) is 5.82 Å². The summed E-state index contributed by atoms with van der Waals surface area (Å²) in [6, 6.07) is 2.09. The van der Waals surface area contributed by atoms with Crippen LogP contribution in [0.3, 0.4) is 0 Å². The van der Waals surface area contributed by atoms with Gasteiger partial charge in [-0.05, 0) is 41.4 Å². The van der Waals surface area contributed by atoms with E-state index in [0.29, 0.717) is 13.1 Å². The smallest absolute Gasteiger partial charge is 0.234 e. The van der Waals surface area contributed by atoms with Gasteiger partial charge in [-0.1, -0.05) is 0 Å². The zero-order chi connectivity index (χ0) is 14.5. The van der Waals surface area contributed by atoms with E-state index in [9.17, 15) is 4.79 Å². The number of hydrogen-bond acceptors (Lipinski definition) is 4. The maximum absolute atomic E-state index is 11.6. The van der Waals surface area contributed by atoms with Gasteiger partial charge in [0.2, 0.25) is 5.91 Å². The number of halogens is 1. The Balaban J connectivity index is 1.89. The lowest BCUT2D eigenvalue weighted by molar-refractivity contribution is -0.122. The molecule has 1 aromatic rings. The molecule has 110 valence electrons. The lowest BCUT2D eigenvalue weighted by atomic mass is 10.2. The van der Waals surface area contributed by atoms with Crippen LogP contribution in [0, 0.1) is 6.92 Å². The summed E-state index contributed by atoms with van der Waals surface area (Å²) in [7, 11) is 0. The van der Waals surface area contributed by atoms with Crippen LogP contribution in [0.1, 0.15) is 12.5 Å². The maximum atomic E-state index is 11.6. The molecule has 1 fully saturated rings. The van der Waals surface area contributed by atoms with E-state index in [-0.39, 0.29) is 5.91 Å². The Morgan fingerprint density at radius 2 is 2.10 bits per heavy atom. The molecular weight excluding hydrogens is 320 g/mol. The van der Waals surface area contributed by atoms with E-state index in [1.54, 1.807) is 0 Å². The molecule has 0 aromatic carbocycles. The quantitative estimate of drug-likeness (QED) is 0.900. The van der Waals surface area contributed by atoms with E-state index in [4.69, 9.17) is 0 Å². The van der Waals surface area contributed by atoms with Gasteiger partial charge in [0.25, 0.3) is 0 Å². The van der Waals surface area contributed by atoms with E-state index in [1.165, 1.54) is 5.56 Å². The summed E-state index contributed by atoms with van der Waals surface area (Å²) in [5.74, 6) is 1.16. The fraction of sp³-hybridized carbons (Fsp3) is 0.571. The van der Waals surface area contributed by atoms with Crippen LogP contribution in [-0.4, -0.2) is 55.1 Å². The fourth-order valence-corrected chi connectivity index (χ4v) is 2.88. The molecule has 1 amide bonds. The van der Waals surface area contributed by atoms with Crippen molar-refractivity contribution in [2.45, 2.75) is 13.8 Å². The number of nitrogens with one attached hydrogen (secondary N) is 1. The Bertz CT molecular complexity index is 472. The molecule has 1 aromatic heterocycles. The first-order valence-electron chi connectivity index (χ1n) is 6.96. The molecule has 1 aliphatic heterocycles. The normalized spacial score (nSPS) is 16.2. The standard InChI is InChI=1S/C14H21BrN4O/c1-3-16-13(20)10-18-4-6-19(7-5-18)14-11(2)8-12(15)9-17-14/h8-9H,3-7,10H2,1-2H3,(H,16,20). The zero-order valence-electron chi connectivity index (χ0n) is 12.0. The number of pyridine rings is 1. The average molecular weight is 341 g/mol. The molecule has 1 saturated heterocycles. The van der Waals surface area contributed by atoms with Crippen molar-refractivity contribution in [1.82, 2.24) is 15.2 Å². The van der Waals surface area contributed by atoms with Gasteiger partial charge in [-0.3, -0.25) is 9.69 Å². The summed E-state index contributed by atoms with van der Waals surface area (Å²) >= 11 is 3.44. The van der Waals surface area contributed by atoms with Crippen molar-refractivity contribution < 1.29 is 4.79 Å². The van der Waals surface area contributed by atoms with Crippen molar-refractivity contribution in [1.29, 1.82) is 0 Å². The molecule has 1 aliphatic rings. The summed E-state index contributed by atoms with van der Waals surface area (Å²) < 4.78 is 1.01. The number of rotatable bonds is 4. The third-order valence-corrected chi connectivity index (χ3v) is 3.86. The number of hydrogen-bond donors (Lipinski definition) is 1. The first-order valence-corrected chi connectivity index (χ1v) is 7.75. The molecule has 6 heteroatoms. The van der Waals surface area contributed by atoms with Crippen molar-refractivity contribution in [2.75, 3.05) is 44.2 Å². The summed E-state index contributed by atoms with van der Waals surface area (Å²) in [6.07, 6.45) is 1.84. The number of anilines is 1. The molecule has 0 aliphatic carbocycles. The lowest BCUT2D eigenvalue weighted by Crippen LogP contribution is -2.49. The fourth-order valence-electron chi connectivity index (χ4n) is 2.44. The van der Waals surface area contributed by atoms with Gasteiger partial charge >= 0.3 is 0 Å². The summed E-state index contributed by atoms with van der Waals surface area (Å²) in [5.41, 5.74) is 1.18. The summed E-state index contributed by atoms with van der Waals surface area (Å²) in [5, 5.41) is 2.84. The second-order valence-electron chi connectivity index (χ2n) is 5.01. The SMILES string of the molecule is CCNC(=O)CN1CCN(c2ncc(Br)cc2C)CC1. The maximum Gasteiger partial charge on any atom is 0.234 e. The van der Waals surface area contributed by atoms with Crippen molar-refractivity contribution in [3.63, 3.8) is 0 Å². The van der Waals surface area contributed by atoms with E-state index in [2.05, 4.69) is 49.0 Å². The Kier molecular flexibility index (Phi) is 5.37. The molecule has 5 nitrogen and oxygen atoms in total. The number of carbonyl (C=O) groups is 1. The Labute approximate surface area is 128 Å². The molecule has 2 heterocycles. The minimum Gasteiger partial charge on any atom is -0.355 e. The number of nitrogens with zero attached hydrogens (tertiary/aromatic N) is 3. The summed E-state index contributed by atoms with van der Waals surface area (Å²) in [4.78, 5) is 20.5. The minimum atomic E-state index is 0.110. The molecule has 20 heavy (non-hydrogen) atoms. The van der Waals surface area contributed by atoms with Crippen LogP contribution in [0.5, 0.6) is 0 Å². The molecule has 0 bridgehead atoms. The van der Waals surface area contributed by atoms with Crippen molar-refractivity contribution in [3.8, 4) is 0 Å². The first-order chi connectivity index (χ1) is 9.60. The predicted octanol–water partition coefficient (Wildman–Crippen LogP) is 1.41. The zero-order valence-corrected chi connectivity index (χ0v) is 13.6. The third-order valence-electron chi connectivity index (χ3n) is 3.43. The molecule has 0 unspecified atom stereocenters. The van der Waals surface area contributed by atoms with Gasteiger partial charge in [-0.25, -0.2) is 4.98 Å². The molecule has 0 spiro atoms. The van der Waals surface area contributed by atoms with Crippen LogP contribution in [0.2, 0.25) is 0 Å². The number of aryl methyl sites for hydroxylation is 1. The van der Waals surface area contributed by atoms with Crippen LogP contribution in [-0.2, 0) is 4.79 Å². The van der Waals surface area contributed by atoms with Gasteiger partial charge in [0, 0.05) is 43.4 Å². The van der Waals surface area contributed by atoms with E-state index < -0.39 is 0 Å². The van der Waals surface area contributed by atoms with E-state index in [1.807, 2.05) is 13.1 Å². The Morgan fingerprint density at radius 1 is 1.40 bits per heavy atom. The van der Waals surface area contributed by atoms with E-state index >= 15 is 0 Å². The molecule has 2 rings (SSSR count). The minimum absolute atomic E-state index is 0.110. The number of likely N-dealkylation sites (N-methyl/N-ethyl adjacent to an activating group) is 1. The van der Waals surface area contributed by atoms with Crippen LogP contribution in [0.4, 0.5) is 5.82 Å². The van der Waals surface area contributed by atoms with Gasteiger partial charge in [0.05, 0.1) is 6.54 Å². The molecule has 0 saturated carbocycles. The monoisotopic (exact) mass is 340 g/mol. The van der Waals surface area contributed by atoms with E-state index in [0.717, 1.165) is 36.5 Å². The van der Waals surface area contributed by atoms with Crippen molar-refractivity contribution in [2.24, 2.45) is 0 Å². The lowest BCUT2D eigenvalue weighted by Gasteiger charge is -2.35.